The van der Waals surface area contributed by atoms with E-state index in [9.17, 15) is 9.59 Å². The van der Waals surface area contributed by atoms with Gasteiger partial charge in [0.15, 0.2) is 0 Å². The molecule has 0 radical (unpaired) electrons. The zero-order valence-electron chi connectivity index (χ0n) is 11.0. The molecule has 1 amide bonds. The summed E-state index contributed by atoms with van der Waals surface area (Å²) in [5.41, 5.74) is 6.36. The lowest BCUT2D eigenvalue weighted by atomic mass is 9.81. The second kappa shape index (κ2) is 5.67. The number of hydrogen-bond donors (Lipinski definition) is 1. The van der Waals surface area contributed by atoms with E-state index >= 15 is 0 Å². The number of rotatable bonds is 5. The van der Waals surface area contributed by atoms with Gasteiger partial charge in [-0.2, -0.15) is 0 Å². The van der Waals surface area contributed by atoms with Crippen molar-refractivity contribution in [3.63, 3.8) is 0 Å². The minimum absolute atomic E-state index is 0.270. The molecule has 0 spiro atoms. The maximum Gasteiger partial charge on any atom is 0.338 e. The van der Waals surface area contributed by atoms with Gasteiger partial charge in [-0.05, 0) is 30.0 Å². The van der Waals surface area contributed by atoms with Crippen LogP contribution < -0.4 is 5.73 Å². The molecule has 0 heterocycles. The van der Waals surface area contributed by atoms with Crippen LogP contribution in [-0.2, 0) is 14.9 Å². The summed E-state index contributed by atoms with van der Waals surface area (Å²) in [4.78, 5) is 22.5. The third-order valence-corrected chi connectivity index (χ3v) is 2.79. The van der Waals surface area contributed by atoms with E-state index in [-0.39, 0.29) is 23.7 Å². The molecule has 0 bridgehead atoms. The van der Waals surface area contributed by atoms with Gasteiger partial charge >= 0.3 is 5.97 Å². The van der Waals surface area contributed by atoms with E-state index in [1.165, 1.54) is 0 Å². The Hall–Kier alpha value is -1.84. The largest absolute Gasteiger partial charge is 0.462 e. The third-order valence-electron chi connectivity index (χ3n) is 2.79. The molecule has 1 rings (SSSR count). The molecule has 1 aromatic rings. The molecular weight excluding hydrogens is 230 g/mol. The summed E-state index contributed by atoms with van der Waals surface area (Å²) in [6.07, 6.45) is 0.270. The standard InChI is InChI=1S/C14H19NO3/c1-4-18-13(17)10-5-7-11(8-6-10)14(2,3)9-12(15)16/h5-8H,4,9H2,1-3H3,(H2,15,16). The molecule has 0 unspecified atom stereocenters. The predicted molar refractivity (Wildman–Crippen MR) is 69.2 cm³/mol. The van der Waals surface area contributed by atoms with Crippen LogP contribution in [-0.4, -0.2) is 18.5 Å². The van der Waals surface area contributed by atoms with Crippen molar-refractivity contribution in [3.8, 4) is 0 Å². The molecule has 0 aliphatic rings. The van der Waals surface area contributed by atoms with Gasteiger partial charge in [0.25, 0.3) is 0 Å². The first-order valence-corrected chi connectivity index (χ1v) is 5.93. The van der Waals surface area contributed by atoms with Crippen molar-refractivity contribution in [1.29, 1.82) is 0 Å². The lowest BCUT2D eigenvalue weighted by Crippen LogP contribution is -2.26. The summed E-state index contributed by atoms with van der Waals surface area (Å²) in [6, 6.07) is 7.07. The highest BCUT2D eigenvalue weighted by atomic mass is 16.5. The van der Waals surface area contributed by atoms with Crippen LogP contribution in [0.15, 0.2) is 24.3 Å². The Kier molecular flexibility index (Phi) is 4.48. The van der Waals surface area contributed by atoms with Gasteiger partial charge in [-0.3, -0.25) is 4.79 Å². The predicted octanol–water partition coefficient (Wildman–Crippen LogP) is 2.02. The van der Waals surface area contributed by atoms with Crippen LogP contribution in [0.4, 0.5) is 0 Å². The second-order valence-corrected chi connectivity index (χ2v) is 4.82. The number of primary amides is 1. The van der Waals surface area contributed by atoms with E-state index in [2.05, 4.69) is 0 Å². The second-order valence-electron chi connectivity index (χ2n) is 4.82. The van der Waals surface area contributed by atoms with Crippen molar-refractivity contribution in [3.05, 3.63) is 35.4 Å². The lowest BCUT2D eigenvalue weighted by molar-refractivity contribution is -0.119. The van der Waals surface area contributed by atoms with Gasteiger partial charge in [0.05, 0.1) is 12.2 Å². The van der Waals surface area contributed by atoms with Gasteiger partial charge in [-0.15, -0.1) is 0 Å². The summed E-state index contributed by atoms with van der Waals surface area (Å²) in [5, 5.41) is 0. The molecule has 0 saturated carbocycles. The van der Waals surface area contributed by atoms with E-state index < -0.39 is 0 Å². The van der Waals surface area contributed by atoms with E-state index in [1.54, 1.807) is 19.1 Å². The van der Waals surface area contributed by atoms with Crippen LogP contribution in [0.25, 0.3) is 0 Å². The number of carbonyl (C=O) groups is 2. The lowest BCUT2D eigenvalue weighted by Gasteiger charge is -2.23. The van der Waals surface area contributed by atoms with Gasteiger partial charge in [0.1, 0.15) is 0 Å². The van der Waals surface area contributed by atoms with Crippen LogP contribution in [0, 0.1) is 0 Å². The zero-order valence-corrected chi connectivity index (χ0v) is 11.0. The van der Waals surface area contributed by atoms with Gasteiger partial charge in [0, 0.05) is 6.42 Å². The average Bonchev–Trinajstić information content (AvgIpc) is 2.28. The molecular formula is C14H19NO3. The van der Waals surface area contributed by atoms with Crippen LogP contribution in [0.2, 0.25) is 0 Å². The highest BCUT2D eigenvalue weighted by Crippen LogP contribution is 2.26. The van der Waals surface area contributed by atoms with Gasteiger partial charge < -0.3 is 10.5 Å². The molecule has 18 heavy (non-hydrogen) atoms. The Morgan fingerprint density at radius 1 is 1.22 bits per heavy atom. The highest BCUT2D eigenvalue weighted by molar-refractivity contribution is 5.89. The number of benzene rings is 1. The summed E-state index contributed by atoms with van der Waals surface area (Å²) in [6.45, 7) is 6.00. The molecule has 2 N–H and O–H groups in total. The summed E-state index contributed by atoms with van der Waals surface area (Å²) < 4.78 is 4.90. The van der Waals surface area contributed by atoms with Gasteiger partial charge in [-0.1, -0.05) is 26.0 Å². The van der Waals surface area contributed by atoms with Crippen LogP contribution in [0.1, 0.15) is 43.1 Å². The molecule has 98 valence electrons. The first-order chi connectivity index (χ1) is 8.36. The summed E-state index contributed by atoms with van der Waals surface area (Å²) in [5.74, 6) is -0.675. The Morgan fingerprint density at radius 2 is 1.78 bits per heavy atom. The van der Waals surface area contributed by atoms with E-state index in [1.807, 2.05) is 26.0 Å². The van der Waals surface area contributed by atoms with Crippen LogP contribution in [0.5, 0.6) is 0 Å². The Bertz CT molecular complexity index is 435. The molecule has 0 saturated heterocycles. The first kappa shape index (κ1) is 14.2. The van der Waals surface area contributed by atoms with Crippen LogP contribution >= 0.6 is 0 Å². The van der Waals surface area contributed by atoms with Crippen molar-refractivity contribution in [2.45, 2.75) is 32.6 Å². The van der Waals surface area contributed by atoms with Crippen molar-refractivity contribution in [2.75, 3.05) is 6.61 Å². The van der Waals surface area contributed by atoms with Gasteiger partial charge in [-0.25, -0.2) is 4.79 Å². The number of carbonyl (C=O) groups excluding carboxylic acids is 2. The molecule has 0 aliphatic carbocycles. The van der Waals surface area contributed by atoms with Crippen molar-refractivity contribution < 1.29 is 14.3 Å². The van der Waals surface area contributed by atoms with Crippen molar-refractivity contribution in [1.82, 2.24) is 0 Å². The number of hydrogen-bond acceptors (Lipinski definition) is 3. The molecule has 0 aromatic heterocycles. The molecule has 4 heteroatoms. The fourth-order valence-electron chi connectivity index (χ4n) is 1.81. The molecule has 0 aliphatic heterocycles. The van der Waals surface area contributed by atoms with Crippen LogP contribution in [0.3, 0.4) is 0 Å². The highest BCUT2D eigenvalue weighted by Gasteiger charge is 2.23. The monoisotopic (exact) mass is 249 g/mol. The fourth-order valence-corrected chi connectivity index (χ4v) is 1.81. The van der Waals surface area contributed by atoms with E-state index in [4.69, 9.17) is 10.5 Å². The fraction of sp³-hybridized carbons (Fsp3) is 0.429. The molecule has 0 atom stereocenters. The summed E-state index contributed by atoms with van der Waals surface area (Å²) >= 11 is 0. The minimum atomic E-state index is -0.338. The average molecular weight is 249 g/mol. The maximum atomic E-state index is 11.5. The quantitative estimate of drug-likeness (QED) is 0.811. The van der Waals surface area contributed by atoms with E-state index in [0.29, 0.717) is 12.2 Å². The Labute approximate surface area is 107 Å². The van der Waals surface area contributed by atoms with Crippen molar-refractivity contribution >= 4 is 11.9 Å². The number of amides is 1. The topological polar surface area (TPSA) is 69.4 Å². The SMILES string of the molecule is CCOC(=O)c1ccc(C(C)(C)CC(N)=O)cc1. The minimum Gasteiger partial charge on any atom is -0.462 e. The third kappa shape index (κ3) is 3.58. The van der Waals surface area contributed by atoms with Gasteiger partial charge in [0.2, 0.25) is 5.91 Å². The smallest absolute Gasteiger partial charge is 0.338 e. The normalized spacial score (nSPS) is 11.1. The van der Waals surface area contributed by atoms with Crippen molar-refractivity contribution in [2.24, 2.45) is 5.73 Å². The number of nitrogens with two attached hydrogens (primary N) is 1. The molecule has 1 aromatic carbocycles. The molecule has 4 nitrogen and oxygen atoms in total. The maximum absolute atomic E-state index is 11.5. The summed E-state index contributed by atoms with van der Waals surface area (Å²) in [7, 11) is 0. The first-order valence-electron chi connectivity index (χ1n) is 5.93. The Morgan fingerprint density at radius 3 is 2.22 bits per heavy atom. The Balaban J connectivity index is 2.88. The molecule has 0 fully saturated rings. The number of ether oxygens (including phenoxy) is 1. The van der Waals surface area contributed by atoms with E-state index in [0.717, 1.165) is 5.56 Å². The zero-order chi connectivity index (χ0) is 13.8. The number of esters is 1.